The van der Waals surface area contributed by atoms with Crippen LogP contribution in [0, 0.1) is 11.3 Å². The second-order valence-electron chi connectivity index (χ2n) is 6.32. The Morgan fingerprint density at radius 2 is 2.15 bits per heavy atom. The molecule has 1 aliphatic heterocycles. The molecule has 108 valence electrons. The van der Waals surface area contributed by atoms with E-state index in [0.29, 0.717) is 0 Å². The zero-order valence-electron chi connectivity index (χ0n) is 11.9. The van der Waals surface area contributed by atoms with Crippen molar-refractivity contribution in [3.05, 3.63) is 24.5 Å². The van der Waals surface area contributed by atoms with Crippen molar-refractivity contribution < 1.29 is 9.53 Å². The lowest BCUT2D eigenvalue weighted by Gasteiger charge is -2.65. The Bertz CT molecular complexity index is 517. The molecular weight excluding hydrogens is 254 g/mol. The molecule has 1 aromatic rings. The first-order valence-electron chi connectivity index (χ1n) is 7.10. The molecule has 0 spiro atoms. The van der Waals surface area contributed by atoms with Crippen LogP contribution in [-0.2, 0) is 9.53 Å². The van der Waals surface area contributed by atoms with Crippen LogP contribution in [0.25, 0.3) is 0 Å². The SMILES string of the molecule is CC1(C)C2OCCCC2C1(N)C(=O)Nc1ccncc1. The van der Waals surface area contributed by atoms with E-state index < -0.39 is 5.54 Å². The zero-order chi connectivity index (χ0) is 14.4. The first-order chi connectivity index (χ1) is 9.48. The minimum atomic E-state index is -0.874. The Morgan fingerprint density at radius 1 is 1.45 bits per heavy atom. The van der Waals surface area contributed by atoms with Gasteiger partial charge in [-0.1, -0.05) is 13.8 Å². The molecular formula is C15H21N3O2. The average Bonchev–Trinajstić information content (AvgIpc) is 2.47. The molecule has 0 bridgehead atoms. The molecule has 1 saturated carbocycles. The number of hydrogen-bond donors (Lipinski definition) is 2. The molecule has 1 amide bonds. The summed E-state index contributed by atoms with van der Waals surface area (Å²) in [6.45, 7) is 4.81. The van der Waals surface area contributed by atoms with E-state index in [4.69, 9.17) is 10.5 Å². The summed E-state index contributed by atoms with van der Waals surface area (Å²) in [7, 11) is 0. The van der Waals surface area contributed by atoms with Crippen molar-refractivity contribution in [2.75, 3.05) is 11.9 Å². The lowest BCUT2D eigenvalue weighted by Crippen LogP contribution is -2.81. The average molecular weight is 275 g/mol. The minimum absolute atomic E-state index is 0.0874. The van der Waals surface area contributed by atoms with Crippen molar-refractivity contribution in [2.24, 2.45) is 17.1 Å². The topological polar surface area (TPSA) is 77.2 Å². The minimum Gasteiger partial charge on any atom is -0.377 e. The molecule has 2 fully saturated rings. The van der Waals surface area contributed by atoms with E-state index in [1.165, 1.54) is 0 Å². The molecule has 2 heterocycles. The second-order valence-corrected chi connectivity index (χ2v) is 6.32. The lowest BCUT2D eigenvalue weighted by atomic mass is 9.46. The van der Waals surface area contributed by atoms with Crippen LogP contribution < -0.4 is 11.1 Å². The van der Waals surface area contributed by atoms with E-state index in [1.807, 2.05) is 13.8 Å². The van der Waals surface area contributed by atoms with Crippen LogP contribution in [0.3, 0.4) is 0 Å². The van der Waals surface area contributed by atoms with Crippen LogP contribution in [0.1, 0.15) is 26.7 Å². The Hall–Kier alpha value is -1.46. The van der Waals surface area contributed by atoms with E-state index in [9.17, 15) is 4.79 Å². The molecule has 3 unspecified atom stereocenters. The van der Waals surface area contributed by atoms with E-state index in [-0.39, 0.29) is 23.3 Å². The number of aromatic nitrogens is 1. The number of rotatable bonds is 2. The number of nitrogens with zero attached hydrogens (tertiary/aromatic N) is 1. The maximum absolute atomic E-state index is 12.7. The summed E-state index contributed by atoms with van der Waals surface area (Å²) in [5.41, 5.74) is 6.02. The van der Waals surface area contributed by atoms with Gasteiger partial charge in [0.15, 0.2) is 0 Å². The number of carbonyl (C=O) groups excluding carboxylic acids is 1. The highest BCUT2D eigenvalue weighted by molar-refractivity contribution is 6.00. The molecule has 20 heavy (non-hydrogen) atoms. The molecule has 1 aromatic heterocycles. The Labute approximate surface area is 118 Å². The molecule has 1 saturated heterocycles. The Kier molecular flexibility index (Phi) is 3.06. The van der Waals surface area contributed by atoms with Gasteiger partial charge in [-0.3, -0.25) is 9.78 Å². The third kappa shape index (κ3) is 1.70. The monoisotopic (exact) mass is 275 g/mol. The van der Waals surface area contributed by atoms with Crippen molar-refractivity contribution >= 4 is 11.6 Å². The van der Waals surface area contributed by atoms with Gasteiger partial charge in [-0.2, -0.15) is 0 Å². The summed E-state index contributed by atoms with van der Waals surface area (Å²) in [6, 6.07) is 3.53. The summed E-state index contributed by atoms with van der Waals surface area (Å²) < 4.78 is 5.82. The summed E-state index contributed by atoms with van der Waals surface area (Å²) in [4.78, 5) is 16.6. The van der Waals surface area contributed by atoms with Gasteiger partial charge in [0.25, 0.3) is 0 Å². The van der Waals surface area contributed by atoms with Gasteiger partial charge < -0.3 is 15.8 Å². The van der Waals surface area contributed by atoms with Crippen LogP contribution in [0.15, 0.2) is 24.5 Å². The first-order valence-corrected chi connectivity index (χ1v) is 7.10. The van der Waals surface area contributed by atoms with Crippen molar-refractivity contribution in [1.29, 1.82) is 0 Å². The molecule has 0 aromatic carbocycles. The number of carbonyl (C=O) groups is 1. The van der Waals surface area contributed by atoms with Gasteiger partial charge in [-0.25, -0.2) is 0 Å². The van der Waals surface area contributed by atoms with Crippen LogP contribution in [0.2, 0.25) is 0 Å². The quantitative estimate of drug-likeness (QED) is 0.858. The van der Waals surface area contributed by atoms with E-state index >= 15 is 0 Å². The van der Waals surface area contributed by atoms with E-state index in [2.05, 4.69) is 10.3 Å². The van der Waals surface area contributed by atoms with E-state index in [0.717, 1.165) is 25.1 Å². The summed E-state index contributed by atoms with van der Waals surface area (Å²) in [5.74, 6) is -0.0199. The number of nitrogens with two attached hydrogens (primary N) is 1. The molecule has 2 aliphatic rings. The van der Waals surface area contributed by atoms with Gasteiger partial charge in [-0.05, 0) is 25.0 Å². The fourth-order valence-electron chi connectivity index (χ4n) is 3.71. The Balaban J connectivity index is 1.82. The Morgan fingerprint density at radius 3 is 2.85 bits per heavy atom. The van der Waals surface area contributed by atoms with E-state index in [1.54, 1.807) is 24.5 Å². The first kappa shape index (κ1) is 13.5. The number of amides is 1. The van der Waals surface area contributed by atoms with Crippen LogP contribution in [0.4, 0.5) is 5.69 Å². The van der Waals surface area contributed by atoms with Gasteiger partial charge in [0, 0.05) is 36.0 Å². The summed E-state index contributed by atoms with van der Waals surface area (Å²) in [6.07, 6.45) is 5.31. The predicted molar refractivity (Wildman–Crippen MR) is 76.0 cm³/mol. The number of hydrogen-bond acceptors (Lipinski definition) is 4. The van der Waals surface area contributed by atoms with Crippen LogP contribution in [0.5, 0.6) is 0 Å². The molecule has 3 rings (SSSR count). The standard InChI is InChI=1S/C15H21N3O2/c1-14(2)12-11(4-3-9-20-12)15(14,16)13(19)18-10-5-7-17-8-6-10/h5-8,11-12H,3-4,9,16H2,1-2H3,(H,17,18,19). The second kappa shape index (κ2) is 4.53. The molecule has 0 radical (unpaired) electrons. The van der Waals surface area contributed by atoms with Gasteiger partial charge >= 0.3 is 0 Å². The molecule has 5 nitrogen and oxygen atoms in total. The summed E-state index contributed by atoms with van der Waals surface area (Å²) in [5, 5.41) is 2.91. The van der Waals surface area contributed by atoms with Gasteiger partial charge in [0.2, 0.25) is 5.91 Å². The fourth-order valence-corrected chi connectivity index (χ4v) is 3.71. The molecule has 1 aliphatic carbocycles. The number of pyridine rings is 1. The van der Waals surface area contributed by atoms with Crippen molar-refractivity contribution in [3.8, 4) is 0 Å². The smallest absolute Gasteiger partial charge is 0.245 e. The van der Waals surface area contributed by atoms with Gasteiger partial charge in [0.1, 0.15) is 5.54 Å². The highest BCUT2D eigenvalue weighted by Crippen LogP contribution is 2.57. The maximum atomic E-state index is 12.7. The highest BCUT2D eigenvalue weighted by atomic mass is 16.5. The van der Waals surface area contributed by atoms with Crippen LogP contribution >= 0.6 is 0 Å². The molecule has 3 N–H and O–H groups in total. The van der Waals surface area contributed by atoms with Crippen molar-refractivity contribution in [3.63, 3.8) is 0 Å². The maximum Gasteiger partial charge on any atom is 0.245 e. The third-order valence-electron chi connectivity index (χ3n) is 5.00. The van der Waals surface area contributed by atoms with Crippen molar-refractivity contribution in [2.45, 2.75) is 38.3 Å². The molecule has 3 atom stereocenters. The fraction of sp³-hybridized carbons (Fsp3) is 0.600. The largest absolute Gasteiger partial charge is 0.377 e. The van der Waals surface area contributed by atoms with Crippen LogP contribution in [-0.4, -0.2) is 29.1 Å². The van der Waals surface area contributed by atoms with Gasteiger partial charge in [0.05, 0.1) is 6.10 Å². The predicted octanol–water partition coefficient (Wildman–Crippen LogP) is 1.55. The number of anilines is 1. The third-order valence-corrected chi connectivity index (χ3v) is 5.00. The van der Waals surface area contributed by atoms with Gasteiger partial charge in [-0.15, -0.1) is 0 Å². The zero-order valence-corrected chi connectivity index (χ0v) is 11.9. The summed E-state index contributed by atoms with van der Waals surface area (Å²) >= 11 is 0. The number of fused-ring (bicyclic) bond motifs is 1. The number of ether oxygens (including phenoxy) is 1. The normalized spacial score (nSPS) is 34.8. The number of nitrogens with one attached hydrogen (secondary N) is 1. The molecule has 5 heteroatoms. The van der Waals surface area contributed by atoms with Crippen molar-refractivity contribution in [1.82, 2.24) is 4.98 Å². The highest BCUT2D eigenvalue weighted by Gasteiger charge is 2.70. The lowest BCUT2D eigenvalue weighted by molar-refractivity contribution is -0.222.